The molecule has 0 unspecified atom stereocenters. The van der Waals surface area contributed by atoms with Crippen LogP contribution >= 0.6 is 0 Å². The van der Waals surface area contributed by atoms with Crippen LogP contribution in [0.2, 0.25) is 0 Å². The Morgan fingerprint density at radius 3 is 1.96 bits per heavy atom. The molecule has 6 heteroatoms. The summed E-state index contributed by atoms with van der Waals surface area (Å²) >= 11 is 0. The fourth-order valence-electron chi connectivity index (χ4n) is 2.50. The van der Waals surface area contributed by atoms with Crippen LogP contribution in [0.15, 0.2) is 0 Å². The first kappa shape index (κ1) is 23.9. The van der Waals surface area contributed by atoms with Crippen molar-refractivity contribution in [2.24, 2.45) is 0 Å². The Labute approximate surface area is 154 Å². The smallest absolute Gasteiger partial charge is 0.324 e. The largest absolute Gasteiger partial charge is 0.371 e. The van der Waals surface area contributed by atoms with Crippen molar-refractivity contribution in [1.82, 2.24) is 10.8 Å². The van der Waals surface area contributed by atoms with E-state index in [0.717, 1.165) is 12.8 Å². The third-order valence-corrected chi connectivity index (χ3v) is 3.84. The van der Waals surface area contributed by atoms with E-state index in [2.05, 4.69) is 17.7 Å². The van der Waals surface area contributed by atoms with E-state index in [1.165, 1.54) is 44.9 Å². The van der Waals surface area contributed by atoms with E-state index < -0.39 is 0 Å². The number of nitrogens with one attached hydrogen (secondary N) is 2. The van der Waals surface area contributed by atoms with Crippen LogP contribution in [-0.2, 0) is 14.4 Å². The van der Waals surface area contributed by atoms with Crippen molar-refractivity contribution in [3.05, 3.63) is 0 Å². The van der Waals surface area contributed by atoms with Gasteiger partial charge in [0.05, 0.1) is 21.1 Å². The number of amides is 1. The van der Waals surface area contributed by atoms with Gasteiger partial charge in [-0.25, -0.2) is 0 Å². The zero-order valence-corrected chi connectivity index (χ0v) is 16.9. The highest BCUT2D eigenvalue weighted by Gasteiger charge is 2.13. The van der Waals surface area contributed by atoms with Gasteiger partial charge in [0.1, 0.15) is 0 Å². The van der Waals surface area contributed by atoms with Crippen molar-refractivity contribution in [3.8, 4) is 0 Å². The fourth-order valence-corrected chi connectivity index (χ4v) is 2.50. The van der Waals surface area contributed by atoms with Crippen LogP contribution in [0.1, 0.15) is 71.1 Å². The molecule has 0 radical (unpaired) electrons. The summed E-state index contributed by atoms with van der Waals surface area (Å²) in [5.41, 5.74) is 2.61. The van der Waals surface area contributed by atoms with Crippen molar-refractivity contribution in [3.63, 3.8) is 0 Å². The molecular formula is C19H40N3O3+. The van der Waals surface area contributed by atoms with Gasteiger partial charge in [-0.3, -0.25) is 9.59 Å². The highest BCUT2D eigenvalue weighted by atomic mass is 16.7. The summed E-state index contributed by atoms with van der Waals surface area (Å²) in [6, 6.07) is 0. The molecule has 0 aliphatic carbocycles. The van der Waals surface area contributed by atoms with E-state index >= 15 is 0 Å². The number of hydrogen-bond acceptors (Lipinski definition) is 4. The molecule has 0 aliphatic heterocycles. The lowest BCUT2D eigenvalue weighted by Crippen LogP contribution is -2.45. The molecule has 148 valence electrons. The molecule has 0 rings (SSSR count). The molecule has 0 saturated heterocycles. The van der Waals surface area contributed by atoms with Gasteiger partial charge >= 0.3 is 5.97 Å². The second-order valence-corrected chi connectivity index (χ2v) is 7.75. The number of carbonyl (C=O) groups excluding carboxylic acids is 2. The molecule has 6 nitrogen and oxygen atoms in total. The first-order valence-corrected chi connectivity index (χ1v) is 9.85. The zero-order valence-electron chi connectivity index (χ0n) is 16.9. The lowest BCUT2D eigenvalue weighted by atomic mass is 10.1. The first-order valence-electron chi connectivity index (χ1n) is 9.85. The van der Waals surface area contributed by atoms with E-state index in [9.17, 15) is 9.59 Å². The molecule has 0 fully saturated rings. The van der Waals surface area contributed by atoms with E-state index in [1.807, 2.05) is 21.1 Å². The minimum absolute atomic E-state index is 0.00433. The molecule has 1 amide bonds. The van der Waals surface area contributed by atoms with Crippen LogP contribution < -0.4 is 10.8 Å². The summed E-state index contributed by atoms with van der Waals surface area (Å²) in [6.45, 7) is 3.53. The quantitative estimate of drug-likeness (QED) is 0.253. The first-order chi connectivity index (χ1) is 11.8. The maximum Gasteiger partial charge on any atom is 0.324 e. The summed E-state index contributed by atoms with van der Waals surface area (Å²) in [5.74, 6) is -0.226. The molecule has 2 N–H and O–H groups in total. The predicted molar refractivity (Wildman–Crippen MR) is 102 cm³/mol. The lowest BCUT2D eigenvalue weighted by molar-refractivity contribution is -0.862. The molecule has 0 aliphatic rings. The normalized spacial score (nSPS) is 11.4. The molecule has 0 bridgehead atoms. The Morgan fingerprint density at radius 1 is 0.840 bits per heavy atom. The van der Waals surface area contributed by atoms with Gasteiger partial charge < -0.3 is 14.6 Å². The van der Waals surface area contributed by atoms with Crippen LogP contribution in [0, 0.1) is 0 Å². The number of hydroxylamine groups is 1. The third kappa shape index (κ3) is 19.0. The number of hydrogen-bond donors (Lipinski definition) is 2. The van der Waals surface area contributed by atoms with Gasteiger partial charge in [0, 0.05) is 19.5 Å². The van der Waals surface area contributed by atoms with Crippen molar-refractivity contribution in [1.29, 1.82) is 0 Å². The minimum Gasteiger partial charge on any atom is -0.371 e. The third-order valence-electron chi connectivity index (χ3n) is 3.84. The Kier molecular flexibility index (Phi) is 14.5. The second-order valence-electron chi connectivity index (χ2n) is 7.75. The highest BCUT2D eigenvalue weighted by molar-refractivity contribution is 5.77. The maximum absolute atomic E-state index is 11.6. The van der Waals surface area contributed by atoms with Gasteiger partial charge in [-0.1, -0.05) is 58.3 Å². The standard InChI is InChI=1S/C19H39N3O3/c1-5-6-7-8-9-10-11-12-13-14-19(24)25-21-16-15-20-18(23)17-22(2,3)4/h21H,5-17H2,1-4H3/p+1. The number of likely N-dealkylation sites (N-methyl/N-ethyl adjacent to an activating group) is 1. The number of carbonyl (C=O) groups is 2. The van der Waals surface area contributed by atoms with E-state index in [0.29, 0.717) is 30.5 Å². The van der Waals surface area contributed by atoms with Gasteiger partial charge in [-0.05, 0) is 6.42 Å². The van der Waals surface area contributed by atoms with Gasteiger partial charge in [0.2, 0.25) is 0 Å². The monoisotopic (exact) mass is 358 g/mol. The number of quaternary nitrogens is 1. The molecule has 25 heavy (non-hydrogen) atoms. The van der Waals surface area contributed by atoms with Crippen LogP contribution in [0.25, 0.3) is 0 Å². The Balaban J connectivity index is 3.35. The molecule has 0 heterocycles. The molecule has 0 aromatic carbocycles. The maximum atomic E-state index is 11.6. The Bertz CT molecular complexity index is 354. The van der Waals surface area contributed by atoms with E-state index in [4.69, 9.17) is 4.84 Å². The van der Waals surface area contributed by atoms with Crippen LogP contribution in [0.4, 0.5) is 0 Å². The van der Waals surface area contributed by atoms with Gasteiger partial charge in [0.15, 0.2) is 6.54 Å². The van der Waals surface area contributed by atoms with Crippen LogP contribution in [0.5, 0.6) is 0 Å². The van der Waals surface area contributed by atoms with Crippen molar-refractivity contribution < 1.29 is 18.9 Å². The Morgan fingerprint density at radius 2 is 1.40 bits per heavy atom. The summed E-state index contributed by atoms with van der Waals surface area (Å²) in [5, 5.41) is 2.79. The van der Waals surface area contributed by atoms with E-state index in [1.54, 1.807) is 0 Å². The van der Waals surface area contributed by atoms with Crippen LogP contribution in [0.3, 0.4) is 0 Å². The lowest BCUT2D eigenvalue weighted by Gasteiger charge is -2.22. The molecule has 0 atom stereocenters. The average Bonchev–Trinajstić information content (AvgIpc) is 2.51. The van der Waals surface area contributed by atoms with Crippen molar-refractivity contribution >= 4 is 11.9 Å². The highest BCUT2D eigenvalue weighted by Crippen LogP contribution is 2.10. The summed E-state index contributed by atoms with van der Waals surface area (Å²) in [6.07, 6.45) is 11.5. The topological polar surface area (TPSA) is 67.4 Å². The predicted octanol–water partition coefficient (Wildman–Crippen LogP) is 2.78. The SMILES string of the molecule is CCCCCCCCCCCC(=O)ONCCNC(=O)C[N+](C)(C)C. The van der Waals surface area contributed by atoms with Crippen molar-refractivity contribution in [2.75, 3.05) is 40.8 Å². The second kappa shape index (κ2) is 15.1. The van der Waals surface area contributed by atoms with Crippen LogP contribution in [-0.4, -0.2) is 57.1 Å². The molecular weight excluding hydrogens is 318 g/mol. The van der Waals surface area contributed by atoms with Gasteiger partial charge in [-0.15, -0.1) is 0 Å². The zero-order chi connectivity index (χ0) is 19.0. The molecule has 0 aromatic rings. The number of nitrogens with zero attached hydrogens (tertiary/aromatic N) is 1. The molecule has 0 aromatic heterocycles. The summed E-state index contributed by atoms with van der Waals surface area (Å²) < 4.78 is 0.590. The molecule has 0 saturated carbocycles. The summed E-state index contributed by atoms with van der Waals surface area (Å²) in [7, 11) is 5.89. The average molecular weight is 359 g/mol. The van der Waals surface area contributed by atoms with E-state index in [-0.39, 0.29) is 11.9 Å². The fraction of sp³-hybridized carbons (Fsp3) is 0.895. The molecule has 0 spiro atoms. The van der Waals surface area contributed by atoms with Crippen molar-refractivity contribution in [2.45, 2.75) is 71.1 Å². The summed E-state index contributed by atoms with van der Waals surface area (Å²) in [4.78, 5) is 28.1. The minimum atomic E-state index is -0.222. The number of unbranched alkanes of at least 4 members (excludes halogenated alkanes) is 8. The number of rotatable bonds is 16. The van der Waals surface area contributed by atoms with Gasteiger partial charge in [0.25, 0.3) is 5.91 Å². The van der Waals surface area contributed by atoms with Gasteiger partial charge in [-0.2, -0.15) is 5.48 Å². The Hall–Kier alpha value is -1.14.